The van der Waals surface area contributed by atoms with E-state index < -0.39 is 12.4 Å². The number of halogens is 4. The molecule has 0 amide bonds. The molecule has 15 heavy (non-hydrogen) atoms. The monoisotopic (exact) mass is 229 g/mol. The van der Waals surface area contributed by atoms with Crippen LogP contribution in [0.2, 0.25) is 5.02 Å². The van der Waals surface area contributed by atoms with E-state index in [-0.39, 0.29) is 0 Å². The molecule has 2 aromatic rings. The molecule has 0 unspecified atom stereocenters. The largest absolute Gasteiger partial charge is 0.509 e. The van der Waals surface area contributed by atoms with E-state index in [1.165, 1.54) is 6.07 Å². The van der Waals surface area contributed by atoms with Crippen molar-refractivity contribution in [3.8, 4) is 0 Å². The van der Waals surface area contributed by atoms with Crippen LogP contribution in [0, 0.1) is 0 Å². The van der Waals surface area contributed by atoms with Gasteiger partial charge in [0.2, 0.25) is 0 Å². The van der Waals surface area contributed by atoms with E-state index in [0.29, 0.717) is 15.8 Å². The highest BCUT2D eigenvalue weighted by atomic mass is 35.5. The molecule has 0 atom stereocenters. The molecule has 0 saturated carbocycles. The minimum Gasteiger partial charge on any atom is -0.445 e. The zero-order chi connectivity index (χ0) is 11.1. The standard InChI is InChI=1S/C10H6BClF3/c12-10-4-2-7-5-9(11(13,14)15)3-1-8(7)6-10/h1-6H/q-1. The lowest BCUT2D eigenvalue weighted by molar-refractivity contribution is 0.501. The van der Waals surface area contributed by atoms with Gasteiger partial charge in [-0.15, -0.1) is 5.46 Å². The van der Waals surface area contributed by atoms with Gasteiger partial charge < -0.3 is 12.9 Å². The van der Waals surface area contributed by atoms with Gasteiger partial charge in [-0.05, 0) is 22.9 Å². The Kier molecular flexibility index (Phi) is 2.39. The summed E-state index contributed by atoms with van der Waals surface area (Å²) < 4.78 is 37.3. The van der Waals surface area contributed by atoms with Gasteiger partial charge in [0, 0.05) is 5.02 Å². The Morgan fingerprint density at radius 1 is 0.867 bits per heavy atom. The van der Waals surface area contributed by atoms with E-state index in [2.05, 4.69) is 0 Å². The Morgan fingerprint density at radius 3 is 2.13 bits per heavy atom. The highest BCUT2D eigenvalue weighted by molar-refractivity contribution is 6.73. The second kappa shape index (κ2) is 3.45. The quantitative estimate of drug-likeness (QED) is 0.656. The molecule has 0 spiro atoms. The summed E-state index contributed by atoms with van der Waals surface area (Å²) in [5, 5.41) is 1.79. The molecule has 0 saturated heterocycles. The third-order valence-electron chi connectivity index (χ3n) is 2.20. The third kappa shape index (κ3) is 2.10. The zero-order valence-electron chi connectivity index (χ0n) is 7.55. The van der Waals surface area contributed by atoms with Gasteiger partial charge in [-0.3, -0.25) is 0 Å². The molecular weight excluding hydrogens is 223 g/mol. The molecule has 78 valence electrons. The van der Waals surface area contributed by atoms with Gasteiger partial charge in [-0.1, -0.05) is 35.9 Å². The van der Waals surface area contributed by atoms with E-state index in [9.17, 15) is 12.9 Å². The van der Waals surface area contributed by atoms with Crippen molar-refractivity contribution in [1.82, 2.24) is 0 Å². The molecule has 5 heteroatoms. The molecule has 0 heterocycles. The van der Waals surface area contributed by atoms with Crippen LogP contribution in [-0.4, -0.2) is 6.98 Å². The molecule has 0 radical (unpaired) electrons. The predicted octanol–water partition coefficient (Wildman–Crippen LogP) is 3.55. The lowest BCUT2D eigenvalue weighted by atomic mass is 9.79. The summed E-state index contributed by atoms with van der Waals surface area (Å²) in [6, 6.07) is 8.47. The SMILES string of the molecule is F[B-](F)(F)c1ccc2cc(Cl)ccc2c1. The molecule has 0 nitrogen and oxygen atoms in total. The lowest BCUT2D eigenvalue weighted by Gasteiger charge is -2.15. The summed E-state index contributed by atoms with van der Waals surface area (Å²) in [6.45, 7) is -4.93. The summed E-state index contributed by atoms with van der Waals surface area (Å²) in [6.07, 6.45) is 0. The number of fused-ring (bicyclic) bond motifs is 1. The molecule has 2 aromatic carbocycles. The summed E-state index contributed by atoms with van der Waals surface area (Å²) in [4.78, 5) is 0. The highest BCUT2D eigenvalue weighted by Crippen LogP contribution is 2.20. The summed E-state index contributed by atoms with van der Waals surface area (Å²) in [7, 11) is 0. The van der Waals surface area contributed by atoms with Crippen molar-refractivity contribution in [3.63, 3.8) is 0 Å². The first kappa shape index (κ1) is 10.4. The van der Waals surface area contributed by atoms with Gasteiger partial charge in [0.1, 0.15) is 0 Å². The van der Waals surface area contributed by atoms with Crippen molar-refractivity contribution >= 4 is 34.8 Å². The summed E-state index contributed by atoms with van der Waals surface area (Å²) in [5.41, 5.74) is -0.579. The van der Waals surface area contributed by atoms with Crippen molar-refractivity contribution in [1.29, 1.82) is 0 Å². The van der Waals surface area contributed by atoms with E-state index in [1.54, 1.807) is 18.2 Å². The fourth-order valence-electron chi connectivity index (χ4n) is 1.44. The van der Waals surface area contributed by atoms with E-state index in [0.717, 1.165) is 12.1 Å². The first-order valence-electron chi connectivity index (χ1n) is 4.36. The van der Waals surface area contributed by atoms with E-state index in [1.807, 2.05) is 0 Å². The first-order valence-corrected chi connectivity index (χ1v) is 4.74. The molecular formula is C10H6BClF3-. The second-order valence-corrected chi connectivity index (χ2v) is 3.76. The molecule has 0 aromatic heterocycles. The first-order chi connectivity index (χ1) is 6.97. The number of hydrogen-bond acceptors (Lipinski definition) is 0. The Balaban J connectivity index is 2.62. The van der Waals surface area contributed by atoms with E-state index in [4.69, 9.17) is 11.6 Å². The van der Waals surface area contributed by atoms with Crippen molar-refractivity contribution in [2.45, 2.75) is 0 Å². The van der Waals surface area contributed by atoms with E-state index >= 15 is 0 Å². The molecule has 0 aliphatic rings. The van der Waals surface area contributed by atoms with Crippen LogP contribution in [-0.2, 0) is 0 Å². The highest BCUT2D eigenvalue weighted by Gasteiger charge is 2.25. The molecule has 0 N–H and O–H groups in total. The topological polar surface area (TPSA) is 0 Å². The van der Waals surface area contributed by atoms with Crippen LogP contribution in [0.5, 0.6) is 0 Å². The van der Waals surface area contributed by atoms with Crippen molar-refractivity contribution in [2.75, 3.05) is 0 Å². The van der Waals surface area contributed by atoms with Crippen molar-refractivity contribution < 1.29 is 12.9 Å². The van der Waals surface area contributed by atoms with Crippen molar-refractivity contribution in [3.05, 3.63) is 41.4 Å². The number of hydrogen-bond donors (Lipinski definition) is 0. The average molecular weight is 229 g/mol. The van der Waals surface area contributed by atoms with Gasteiger partial charge >= 0.3 is 6.98 Å². The van der Waals surface area contributed by atoms with Crippen LogP contribution in [0.1, 0.15) is 0 Å². The minimum atomic E-state index is -4.93. The Morgan fingerprint density at radius 2 is 1.47 bits per heavy atom. The molecule has 2 rings (SSSR count). The van der Waals surface area contributed by atoms with Crippen LogP contribution in [0.3, 0.4) is 0 Å². The minimum absolute atomic E-state index is 0.521. The van der Waals surface area contributed by atoms with Crippen LogP contribution < -0.4 is 5.46 Å². The Hall–Kier alpha value is -1.16. The molecule has 0 aliphatic carbocycles. The van der Waals surface area contributed by atoms with Crippen LogP contribution in [0.25, 0.3) is 10.8 Å². The molecule has 0 bridgehead atoms. The van der Waals surface area contributed by atoms with Gasteiger partial charge in [-0.2, -0.15) is 0 Å². The number of rotatable bonds is 1. The lowest BCUT2D eigenvalue weighted by Crippen LogP contribution is -2.33. The summed E-state index contributed by atoms with van der Waals surface area (Å²) >= 11 is 5.73. The van der Waals surface area contributed by atoms with Gasteiger partial charge in [0.25, 0.3) is 0 Å². The van der Waals surface area contributed by atoms with Gasteiger partial charge in [0.05, 0.1) is 0 Å². The van der Waals surface area contributed by atoms with Crippen LogP contribution >= 0.6 is 11.6 Å². The van der Waals surface area contributed by atoms with Gasteiger partial charge in [-0.25, -0.2) is 0 Å². The second-order valence-electron chi connectivity index (χ2n) is 3.33. The maximum absolute atomic E-state index is 12.4. The van der Waals surface area contributed by atoms with Crippen LogP contribution in [0.4, 0.5) is 12.9 Å². The Bertz CT molecular complexity index is 507. The third-order valence-corrected chi connectivity index (χ3v) is 2.44. The average Bonchev–Trinajstić information content (AvgIpc) is 2.15. The fraction of sp³-hybridized carbons (Fsp3) is 0. The Labute approximate surface area is 89.7 Å². The number of benzene rings is 2. The van der Waals surface area contributed by atoms with Gasteiger partial charge in [0.15, 0.2) is 0 Å². The smallest absolute Gasteiger partial charge is 0.445 e. The normalized spacial score (nSPS) is 12.0. The molecule has 0 aliphatic heterocycles. The fourth-order valence-corrected chi connectivity index (χ4v) is 1.62. The maximum atomic E-state index is 12.4. The molecule has 0 fully saturated rings. The maximum Gasteiger partial charge on any atom is 0.509 e. The summed E-state index contributed by atoms with van der Waals surface area (Å²) in [5.74, 6) is 0. The zero-order valence-corrected chi connectivity index (χ0v) is 8.31. The predicted molar refractivity (Wildman–Crippen MR) is 57.7 cm³/mol. The van der Waals surface area contributed by atoms with Crippen molar-refractivity contribution in [2.24, 2.45) is 0 Å². The van der Waals surface area contributed by atoms with Crippen LogP contribution in [0.15, 0.2) is 36.4 Å².